The molecule has 1 aliphatic heterocycles. The van der Waals surface area contributed by atoms with Gasteiger partial charge >= 0.3 is 5.97 Å². The summed E-state index contributed by atoms with van der Waals surface area (Å²) in [4.78, 5) is 23.9. The summed E-state index contributed by atoms with van der Waals surface area (Å²) >= 11 is 11.7. The number of carbonyl (C=O) groups excluding carboxylic acids is 2. The SMILES string of the molecule is O=C(COC(=O)[C@@H]1COc2ccccc2O1)Nc1ccc(Cl)c(Cl)c1. The van der Waals surface area contributed by atoms with Gasteiger partial charge in [0, 0.05) is 5.69 Å². The Bertz CT molecular complexity index is 811. The summed E-state index contributed by atoms with van der Waals surface area (Å²) in [6.45, 7) is -0.440. The highest BCUT2D eigenvalue weighted by Crippen LogP contribution is 2.31. The number of anilines is 1. The van der Waals surface area contributed by atoms with Crippen molar-refractivity contribution in [3.8, 4) is 11.5 Å². The topological polar surface area (TPSA) is 73.9 Å². The van der Waals surface area contributed by atoms with Crippen LogP contribution in [0.2, 0.25) is 10.0 Å². The average molecular weight is 382 g/mol. The zero-order valence-corrected chi connectivity index (χ0v) is 14.3. The van der Waals surface area contributed by atoms with E-state index in [2.05, 4.69) is 5.32 Å². The van der Waals surface area contributed by atoms with Crippen LogP contribution in [0.4, 0.5) is 5.69 Å². The van der Waals surface area contributed by atoms with Gasteiger partial charge in [0.05, 0.1) is 10.0 Å². The lowest BCUT2D eigenvalue weighted by atomic mass is 10.2. The number of amides is 1. The summed E-state index contributed by atoms with van der Waals surface area (Å²) in [5.41, 5.74) is 0.446. The Morgan fingerprint density at radius 2 is 1.88 bits per heavy atom. The second-order valence-electron chi connectivity index (χ2n) is 5.15. The number of rotatable bonds is 4. The van der Waals surface area contributed by atoms with E-state index in [1.807, 2.05) is 0 Å². The number of benzene rings is 2. The van der Waals surface area contributed by atoms with Crippen LogP contribution < -0.4 is 14.8 Å². The van der Waals surface area contributed by atoms with Crippen LogP contribution in [-0.4, -0.2) is 31.2 Å². The monoisotopic (exact) mass is 381 g/mol. The highest BCUT2D eigenvalue weighted by Gasteiger charge is 2.29. The van der Waals surface area contributed by atoms with E-state index in [0.29, 0.717) is 27.2 Å². The number of carbonyl (C=O) groups is 2. The van der Waals surface area contributed by atoms with Gasteiger partial charge in [-0.3, -0.25) is 4.79 Å². The molecule has 6 nitrogen and oxygen atoms in total. The van der Waals surface area contributed by atoms with Crippen molar-refractivity contribution in [3.63, 3.8) is 0 Å². The molecule has 0 spiro atoms. The summed E-state index contributed by atoms with van der Waals surface area (Å²) < 4.78 is 15.9. The molecule has 1 atom stereocenters. The van der Waals surface area contributed by atoms with E-state index in [1.165, 1.54) is 6.07 Å². The van der Waals surface area contributed by atoms with Gasteiger partial charge in [-0.15, -0.1) is 0 Å². The third-order valence-corrected chi connectivity index (χ3v) is 4.06. The van der Waals surface area contributed by atoms with Crippen LogP contribution in [0.1, 0.15) is 0 Å². The molecule has 2 aromatic carbocycles. The van der Waals surface area contributed by atoms with Crippen LogP contribution in [0.25, 0.3) is 0 Å². The molecule has 2 aromatic rings. The minimum absolute atomic E-state index is 0.0181. The van der Waals surface area contributed by atoms with Gasteiger partial charge in [-0.25, -0.2) is 4.79 Å². The smallest absolute Gasteiger partial charge is 0.351 e. The maximum atomic E-state index is 12.0. The number of fused-ring (bicyclic) bond motifs is 1. The van der Waals surface area contributed by atoms with Crippen molar-refractivity contribution in [1.82, 2.24) is 0 Å². The first-order valence-corrected chi connectivity index (χ1v) is 8.08. The molecule has 3 rings (SSSR count). The number of para-hydroxylation sites is 2. The lowest BCUT2D eigenvalue weighted by Gasteiger charge is -2.24. The van der Waals surface area contributed by atoms with Crippen LogP contribution in [0.15, 0.2) is 42.5 Å². The molecule has 0 radical (unpaired) electrons. The molecule has 0 saturated heterocycles. The Hall–Kier alpha value is -2.44. The third kappa shape index (κ3) is 4.35. The van der Waals surface area contributed by atoms with Crippen molar-refractivity contribution in [2.45, 2.75) is 6.10 Å². The number of halogens is 2. The van der Waals surface area contributed by atoms with Gasteiger partial charge in [-0.1, -0.05) is 35.3 Å². The molecule has 25 heavy (non-hydrogen) atoms. The van der Waals surface area contributed by atoms with Crippen molar-refractivity contribution < 1.29 is 23.8 Å². The largest absolute Gasteiger partial charge is 0.485 e. The zero-order chi connectivity index (χ0) is 17.8. The Balaban J connectivity index is 1.50. The van der Waals surface area contributed by atoms with Gasteiger partial charge in [0.25, 0.3) is 5.91 Å². The Labute approximate surface area is 153 Å². The van der Waals surface area contributed by atoms with E-state index in [-0.39, 0.29) is 6.61 Å². The maximum Gasteiger partial charge on any atom is 0.351 e. The molecule has 130 valence electrons. The van der Waals surface area contributed by atoms with E-state index in [9.17, 15) is 9.59 Å². The third-order valence-electron chi connectivity index (χ3n) is 3.32. The molecule has 8 heteroatoms. The summed E-state index contributed by atoms with van der Waals surface area (Å²) in [6, 6.07) is 11.6. The van der Waals surface area contributed by atoms with Gasteiger partial charge in [-0.05, 0) is 30.3 Å². The molecule has 1 N–H and O–H groups in total. The fraction of sp³-hybridized carbons (Fsp3) is 0.176. The van der Waals surface area contributed by atoms with E-state index in [1.54, 1.807) is 36.4 Å². The number of hydrogen-bond donors (Lipinski definition) is 1. The molecule has 0 aromatic heterocycles. The number of nitrogens with one attached hydrogen (secondary N) is 1. The van der Waals surface area contributed by atoms with Crippen LogP contribution in [-0.2, 0) is 14.3 Å². The minimum Gasteiger partial charge on any atom is -0.485 e. The quantitative estimate of drug-likeness (QED) is 0.822. The van der Waals surface area contributed by atoms with Crippen molar-refractivity contribution in [1.29, 1.82) is 0 Å². The predicted octanol–water partition coefficient (Wildman–Crippen LogP) is 3.32. The van der Waals surface area contributed by atoms with Crippen LogP contribution in [0.5, 0.6) is 11.5 Å². The fourth-order valence-corrected chi connectivity index (χ4v) is 2.43. The van der Waals surface area contributed by atoms with E-state index < -0.39 is 24.6 Å². The standard InChI is InChI=1S/C17H13Cl2NO5/c18-11-6-5-10(7-12(11)19)20-16(21)9-24-17(22)15-8-23-13-3-1-2-4-14(13)25-15/h1-7,15H,8-9H2,(H,20,21)/t15-/m0/s1. The summed E-state index contributed by atoms with van der Waals surface area (Å²) in [5, 5.41) is 3.24. The van der Waals surface area contributed by atoms with E-state index >= 15 is 0 Å². The highest BCUT2D eigenvalue weighted by atomic mass is 35.5. The van der Waals surface area contributed by atoms with Gasteiger partial charge in [0.1, 0.15) is 6.61 Å². The number of hydrogen-bond acceptors (Lipinski definition) is 5. The highest BCUT2D eigenvalue weighted by molar-refractivity contribution is 6.42. The second kappa shape index (κ2) is 7.63. The average Bonchev–Trinajstić information content (AvgIpc) is 2.62. The molecule has 0 fully saturated rings. The summed E-state index contributed by atoms with van der Waals surface area (Å²) in [5.74, 6) is -0.178. The van der Waals surface area contributed by atoms with Crippen molar-refractivity contribution in [3.05, 3.63) is 52.5 Å². The van der Waals surface area contributed by atoms with Gasteiger partial charge in [-0.2, -0.15) is 0 Å². The normalized spacial score (nSPS) is 15.4. The fourth-order valence-electron chi connectivity index (χ4n) is 2.14. The summed E-state index contributed by atoms with van der Waals surface area (Å²) in [6.07, 6.45) is -0.923. The Morgan fingerprint density at radius 3 is 2.64 bits per heavy atom. The molecule has 0 aliphatic carbocycles. The molecule has 1 amide bonds. The Kier molecular flexibility index (Phi) is 5.31. The molecule has 0 saturated carbocycles. The van der Waals surface area contributed by atoms with E-state index in [4.69, 9.17) is 37.4 Å². The van der Waals surface area contributed by atoms with E-state index in [0.717, 1.165) is 0 Å². The van der Waals surface area contributed by atoms with Gasteiger partial charge < -0.3 is 19.5 Å². The predicted molar refractivity (Wildman–Crippen MR) is 92.4 cm³/mol. The molecule has 0 bridgehead atoms. The summed E-state index contributed by atoms with van der Waals surface area (Å²) in [7, 11) is 0. The Morgan fingerprint density at radius 1 is 1.12 bits per heavy atom. The number of ether oxygens (including phenoxy) is 3. The first-order valence-electron chi connectivity index (χ1n) is 7.33. The first-order chi connectivity index (χ1) is 12.0. The first kappa shape index (κ1) is 17.4. The van der Waals surface area contributed by atoms with Crippen LogP contribution >= 0.6 is 23.2 Å². The van der Waals surface area contributed by atoms with Crippen molar-refractivity contribution in [2.24, 2.45) is 0 Å². The molecular formula is C17H13Cl2NO5. The van der Waals surface area contributed by atoms with Crippen molar-refractivity contribution in [2.75, 3.05) is 18.5 Å². The van der Waals surface area contributed by atoms with Crippen molar-refractivity contribution >= 4 is 40.8 Å². The zero-order valence-electron chi connectivity index (χ0n) is 12.8. The molecular weight excluding hydrogens is 369 g/mol. The second-order valence-corrected chi connectivity index (χ2v) is 5.96. The van der Waals surface area contributed by atoms with Gasteiger partial charge in [0.15, 0.2) is 18.1 Å². The lowest BCUT2D eigenvalue weighted by Crippen LogP contribution is -2.39. The maximum absolute atomic E-state index is 12.0. The molecule has 1 aliphatic rings. The lowest BCUT2D eigenvalue weighted by molar-refractivity contribution is -0.156. The molecule has 1 heterocycles. The van der Waals surface area contributed by atoms with Crippen LogP contribution in [0, 0.1) is 0 Å². The van der Waals surface area contributed by atoms with Crippen LogP contribution in [0.3, 0.4) is 0 Å². The minimum atomic E-state index is -0.923. The number of esters is 1. The molecule has 0 unspecified atom stereocenters. The van der Waals surface area contributed by atoms with Gasteiger partial charge in [0.2, 0.25) is 6.10 Å².